The van der Waals surface area contributed by atoms with Gasteiger partial charge in [-0.25, -0.2) is 0 Å². The Kier molecular flexibility index (Phi) is 2.58. The first kappa shape index (κ1) is 11.3. The SMILES string of the molecule is COc1cc(O)c(C2(C(C)N)CC2)cc1C. The Morgan fingerprint density at radius 2 is 2.06 bits per heavy atom. The largest absolute Gasteiger partial charge is 0.508 e. The van der Waals surface area contributed by atoms with Crippen molar-refractivity contribution in [2.45, 2.75) is 38.1 Å². The van der Waals surface area contributed by atoms with Gasteiger partial charge in [-0.3, -0.25) is 0 Å². The summed E-state index contributed by atoms with van der Waals surface area (Å²) >= 11 is 0. The molecule has 0 spiro atoms. The van der Waals surface area contributed by atoms with E-state index in [2.05, 4.69) is 0 Å². The molecule has 3 nitrogen and oxygen atoms in total. The Balaban J connectivity index is 2.47. The Morgan fingerprint density at radius 1 is 1.44 bits per heavy atom. The van der Waals surface area contributed by atoms with Gasteiger partial charge in [-0.2, -0.15) is 0 Å². The maximum absolute atomic E-state index is 10.0. The Hall–Kier alpha value is -1.22. The van der Waals surface area contributed by atoms with Gasteiger partial charge < -0.3 is 15.6 Å². The standard InChI is InChI=1S/C13H19NO2/c1-8-6-10(11(15)7-12(8)16-3)13(4-5-13)9(2)14/h6-7,9,15H,4-5,14H2,1-3H3. The molecule has 1 aromatic rings. The topological polar surface area (TPSA) is 55.5 Å². The van der Waals surface area contributed by atoms with Gasteiger partial charge in [0.25, 0.3) is 0 Å². The summed E-state index contributed by atoms with van der Waals surface area (Å²) in [6, 6.07) is 3.77. The predicted octanol–water partition coefficient (Wildman–Crippen LogP) is 2.09. The average molecular weight is 221 g/mol. The summed E-state index contributed by atoms with van der Waals surface area (Å²) < 4.78 is 5.18. The number of hydrogen-bond donors (Lipinski definition) is 2. The van der Waals surface area contributed by atoms with Crippen molar-refractivity contribution >= 4 is 0 Å². The molecule has 2 rings (SSSR count). The Bertz CT molecular complexity index is 409. The highest BCUT2D eigenvalue weighted by atomic mass is 16.5. The number of nitrogens with two attached hydrogens (primary N) is 1. The van der Waals surface area contributed by atoms with Gasteiger partial charge in [0.1, 0.15) is 11.5 Å². The van der Waals surface area contributed by atoms with Crippen molar-refractivity contribution in [3.05, 3.63) is 23.3 Å². The van der Waals surface area contributed by atoms with E-state index >= 15 is 0 Å². The zero-order valence-electron chi connectivity index (χ0n) is 10.1. The van der Waals surface area contributed by atoms with Crippen LogP contribution in [0.2, 0.25) is 0 Å². The summed E-state index contributed by atoms with van der Waals surface area (Å²) in [7, 11) is 1.61. The van der Waals surface area contributed by atoms with Gasteiger partial charge in [0, 0.05) is 23.1 Å². The zero-order valence-corrected chi connectivity index (χ0v) is 10.1. The van der Waals surface area contributed by atoms with Crippen LogP contribution in [0.1, 0.15) is 30.9 Å². The maximum Gasteiger partial charge on any atom is 0.125 e. The molecule has 3 heteroatoms. The first-order valence-electron chi connectivity index (χ1n) is 5.65. The number of phenolic OH excluding ortho intramolecular Hbond substituents is 1. The lowest BCUT2D eigenvalue weighted by molar-refractivity contribution is 0.399. The molecule has 16 heavy (non-hydrogen) atoms. The molecule has 1 aliphatic carbocycles. The van der Waals surface area contributed by atoms with E-state index in [1.807, 2.05) is 19.9 Å². The average Bonchev–Trinajstić information content (AvgIpc) is 3.01. The lowest BCUT2D eigenvalue weighted by atomic mass is 9.87. The Labute approximate surface area is 96.2 Å². The number of hydrogen-bond acceptors (Lipinski definition) is 3. The van der Waals surface area contributed by atoms with Crippen LogP contribution in [0.25, 0.3) is 0 Å². The number of methoxy groups -OCH3 is 1. The molecule has 0 aliphatic heterocycles. The van der Waals surface area contributed by atoms with E-state index in [4.69, 9.17) is 10.5 Å². The second-order valence-corrected chi connectivity index (χ2v) is 4.78. The van der Waals surface area contributed by atoms with E-state index < -0.39 is 0 Å². The van der Waals surface area contributed by atoms with Gasteiger partial charge in [-0.15, -0.1) is 0 Å². The first-order chi connectivity index (χ1) is 7.51. The van der Waals surface area contributed by atoms with E-state index in [1.54, 1.807) is 13.2 Å². The summed E-state index contributed by atoms with van der Waals surface area (Å²) in [6.07, 6.45) is 2.12. The Morgan fingerprint density at radius 3 is 2.50 bits per heavy atom. The predicted molar refractivity (Wildman–Crippen MR) is 64.0 cm³/mol. The van der Waals surface area contributed by atoms with Crippen molar-refractivity contribution < 1.29 is 9.84 Å². The zero-order chi connectivity index (χ0) is 11.9. The number of rotatable bonds is 3. The highest BCUT2D eigenvalue weighted by Gasteiger charge is 2.49. The molecule has 1 atom stereocenters. The summed E-state index contributed by atoms with van der Waals surface area (Å²) in [5, 5.41) is 10.0. The monoisotopic (exact) mass is 221 g/mol. The lowest BCUT2D eigenvalue weighted by Gasteiger charge is -2.22. The molecule has 0 saturated heterocycles. The molecular formula is C13H19NO2. The fourth-order valence-electron chi connectivity index (χ4n) is 2.40. The fraction of sp³-hybridized carbons (Fsp3) is 0.538. The van der Waals surface area contributed by atoms with Crippen LogP contribution in [-0.2, 0) is 5.41 Å². The van der Waals surface area contributed by atoms with Crippen LogP contribution < -0.4 is 10.5 Å². The molecule has 0 amide bonds. The van der Waals surface area contributed by atoms with Crippen LogP contribution in [0.15, 0.2) is 12.1 Å². The summed E-state index contributed by atoms with van der Waals surface area (Å²) in [6.45, 7) is 3.99. The number of benzene rings is 1. The second kappa shape index (κ2) is 3.67. The van der Waals surface area contributed by atoms with E-state index in [0.29, 0.717) is 5.75 Å². The summed E-state index contributed by atoms with van der Waals surface area (Å²) in [4.78, 5) is 0. The van der Waals surface area contributed by atoms with Crippen molar-refractivity contribution in [3.63, 3.8) is 0 Å². The van der Waals surface area contributed by atoms with Crippen LogP contribution in [0.4, 0.5) is 0 Å². The van der Waals surface area contributed by atoms with Gasteiger partial charge in [0.2, 0.25) is 0 Å². The van der Waals surface area contributed by atoms with Gasteiger partial charge in [0.15, 0.2) is 0 Å². The summed E-state index contributed by atoms with van der Waals surface area (Å²) in [5.41, 5.74) is 8.02. The van der Waals surface area contributed by atoms with Crippen molar-refractivity contribution in [3.8, 4) is 11.5 Å². The van der Waals surface area contributed by atoms with Crippen molar-refractivity contribution in [1.82, 2.24) is 0 Å². The van der Waals surface area contributed by atoms with E-state index in [1.165, 1.54) is 0 Å². The lowest BCUT2D eigenvalue weighted by Crippen LogP contribution is -2.31. The molecule has 0 bridgehead atoms. The van der Waals surface area contributed by atoms with Crippen molar-refractivity contribution in [2.24, 2.45) is 5.73 Å². The molecule has 1 saturated carbocycles. The maximum atomic E-state index is 10.0. The third kappa shape index (κ3) is 1.55. The minimum Gasteiger partial charge on any atom is -0.508 e. The highest BCUT2D eigenvalue weighted by molar-refractivity contribution is 5.51. The molecule has 0 aromatic heterocycles. The molecule has 0 radical (unpaired) electrons. The van der Waals surface area contributed by atoms with E-state index in [0.717, 1.165) is 29.7 Å². The second-order valence-electron chi connectivity index (χ2n) is 4.78. The van der Waals surface area contributed by atoms with Crippen LogP contribution in [0.3, 0.4) is 0 Å². The van der Waals surface area contributed by atoms with E-state index in [-0.39, 0.29) is 11.5 Å². The van der Waals surface area contributed by atoms with E-state index in [9.17, 15) is 5.11 Å². The highest BCUT2D eigenvalue weighted by Crippen LogP contribution is 2.53. The molecule has 1 fully saturated rings. The third-order valence-electron chi connectivity index (χ3n) is 3.71. The molecule has 0 heterocycles. The minimum absolute atomic E-state index is 0.0128. The molecule has 88 valence electrons. The number of aromatic hydroxyl groups is 1. The molecular weight excluding hydrogens is 202 g/mol. The van der Waals surface area contributed by atoms with Crippen LogP contribution in [0.5, 0.6) is 11.5 Å². The quantitative estimate of drug-likeness (QED) is 0.821. The van der Waals surface area contributed by atoms with Crippen LogP contribution in [0, 0.1) is 6.92 Å². The van der Waals surface area contributed by atoms with Crippen LogP contribution >= 0.6 is 0 Å². The van der Waals surface area contributed by atoms with Gasteiger partial charge >= 0.3 is 0 Å². The van der Waals surface area contributed by atoms with Crippen molar-refractivity contribution in [1.29, 1.82) is 0 Å². The number of phenols is 1. The smallest absolute Gasteiger partial charge is 0.125 e. The molecule has 1 unspecified atom stereocenters. The number of ether oxygens (including phenoxy) is 1. The minimum atomic E-state index is -0.0128. The fourth-order valence-corrected chi connectivity index (χ4v) is 2.40. The molecule has 3 N–H and O–H groups in total. The van der Waals surface area contributed by atoms with Gasteiger partial charge in [-0.05, 0) is 38.3 Å². The van der Waals surface area contributed by atoms with Crippen molar-refractivity contribution in [2.75, 3.05) is 7.11 Å². The first-order valence-corrected chi connectivity index (χ1v) is 5.65. The normalized spacial score (nSPS) is 19.2. The number of aryl methyl sites for hydroxylation is 1. The molecule has 1 aliphatic rings. The van der Waals surface area contributed by atoms with Crippen LogP contribution in [-0.4, -0.2) is 18.3 Å². The van der Waals surface area contributed by atoms with Gasteiger partial charge in [-0.1, -0.05) is 0 Å². The van der Waals surface area contributed by atoms with Gasteiger partial charge in [0.05, 0.1) is 7.11 Å². The summed E-state index contributed by atoms with van der Waals surface area (Å²) in [5.74, 6) is 1.03. The third-order valence-corrected chi connectivity index (χ3v) is 3.71. The molecule has 1 aromatic carbocycles.